The third-order valence-corrected chi connectivity index (χ3v) is 2.97. The Morgan fingerprint density at radius 3 is 2.43 bits per heavy atom. The molecule has 21 heavy (non-hydrogen) atoms. The Morgan fingerprint density at radius 2 is 1.81 bits per heavy atom. The number of nitrogens with one attached hydrogen (secondary N) is 1. The molecule has 1 N–H and O–H groups in total. The number of esters is 1. The maximum atomic E-state index is 11.8. The lowest BCUT2D eigenvalue weighted by molar-refractivity contribution is -0.141. The molecule has 6 heteroatoms. The van der Waals surface area contributed by atoms with Crippen LogP contribution in [0.4, 0.5) is 0 Å². The molecule has 0 aromatic heterocycles. The lowest BCUT2D eigenvalue weighted by Crippen LogP contribution is -2.33. The standard InChI is InChI=1S/C15H20N2O4/c1-17(11-9-14(19)21-2)13(18)8-10-16-15(20)12-6-4-3-5-7-12/h3-7H,8-11H2,1-2H3,(H,16,20). The first-order valence-electron chi connectivity index (χ1n) is 6.68. The zero-order valence-electron chi connectivity index (χ0n) is 12.3. The van der Waals surface area contributed by atoms with Crippen LogP contribution >= 0.6 is 0 Å². The van der Waals surface area contributed by atoms with Crippen molar-refractivity contribution in [1.29, 1.82) is 0 Å². The molecular weight excluding hydrogens is 272 g/mol. The van der Waals surface area contributed by atoms with E-state index in [0.717, 1.165) is 0 Å². The van der Waals surface area contributed by atoms with Gasteiger partial charge in [0, 0.05) is 32.1 Å². The Bertz CT molecular complexity index is 488. The molecule has 0 bridgehead atoms. The first-order chi connectivity index (χ1) is 10.0. The smallest absolute Gasteiger partial charge is 0.307 e. The molecule has 0 spiro atoms. The third kappa shape index (κ3) is 6.07. The molecule has 0 aliphatic heterocycles. The molecule has 1 aromatic carbocycles. The molecule has 1 aromatic rings. The molecule has 0 saturated carbocycles. The van der Waals surface area contributed by atoms with Gasteiger partial charge >= 0.3 is 5.97 Å². The van der Waals surface area contributed by atoms with Crippen molar-refractivity contribution in [2.45, 2.75) is 12.8 Å². The van der Waals surface area contributed by atoms with Gasteiger partial charge in [0.15, 0.2) is 0 Å². The average Bonchev–Trinajstić information content (AvgIpc) is 2.52. The number of carbonyl (C=O) groups excluding carboxylic acids is 3. The van der Waals surface area contributed by atoms with Gasteiger partial charge in [-0.15, -0.1) is 0 Å². The molecule has 2 amide bonds. The van der Waals surface area contributed by atoms with Crippen molar-refractivity contribution in [3.63, 3.8) is 0 Å². The molecule has 114 valence electrons. The summed E-state index contributed by atoms with van der Waals surface area (Å²) in [6, 6.07) is 8.80. The highest BCUT2D eigenvalue weighted by atomic mass is 16.5. The van der Waals surface area contributed by atoms with Gasteiger partial charge in [-0.2, -0.15) is 0 Å². The second-order valence-corrected chi connectivity index (χ2v) is 4.51. The maximum absolute atomic E-state index is 11.8. The number of amides is 2. The van der Waals surface area contributed by atoms with Crippen molar-refractivity contribution in [3.8, 4) is 0 Å². The van der Waals surface area contributed by atoms with E-state index in [4.69, 9.17) is 0 Å². The van der Waals surface area contributed by atoms with Crippen LogP contribution in [0, 0.1) is 0 Å². The van der Waals surface area contributed by atoms with Crippen molar-refractivity contribution in [1.82, 2.24) is 10.2 Å². The predicted octanol–water partition coefficient (Wildman–Crippen LogP) is 0.828. The van der Waals surface area contributed by atoms with E-state index < -0.39 is 0 Å². The zero-order chi connectivity index (χ0) is 15.7. The second-order valence-electron chi connectivity index (χ2n) is 4.51. The molecule has 0 saturated heterocycles. The largest absolute Gasteiger partial charge is 0.469 e. The molecule has 1 rings (SSSR count). The second kappa shape index (κ2) is 8.73. The third-order valence-electron chi connectivity index (χ3n) is 2.97. The van der Waals surface area contributed by atoms with Gasteiger partial charge in [0.1, 0.15) is 0 Å². The van der Waals surface area contributed by atoms with Crippen LogP contribution in [0.1, 0.15) is 23.2 Å². The summed E-state index contributed by atoms with van der Waals surface area (Å²) in [6.07, 6.45) is 0.353. The summed E-state index contributed by atoms with van der Waals surface area (Å²) >= 11 is 0. The SMILES string of the molecule is COC(=O)CCN(C)C(=O)CCNC(=O)c1ccccc1. The lowest BCUT2D eigenvalue weighted by Gasteiger charge is -2.16. The van der Waals surface area contributed by atoms with E-state index in [1.807, 2.05) is 6.07 Å². The number of hydrogen-bond donors (Lipinski definition) is 1. The molecule has 0 radical (unpaired) electrons. The monoisotopic (exact) mass is 292 g/mol. The summed E-state index contributed by atoms with van der Waals surface area (Å²) in [7, 11) is 2.92. The molecule has 6 nitrogen and oxygen atoms in total. The fraction of sp³-hybridized carbons (Fsp3) is 0.400. The highest BCUT2D eigenvalue weighted by molar-refractivity contribution is 5.94. The summed E-state index contributed by atoms with van der Waals surface area (Å²) in [6.45, 7) is 0.563. The number of methoxy groups -OCH3 is 1. The Kier molecular flexibility index (Phi) is 6.94. The van der Waals surface area contributed by atoms with Gasteiger partial charge in [0.05, 0.1) is 13.5 Å². The van der Waals surface area contributed by atoms with Gasteiger partial charge in [-0.3, -0.25) is 14.4 Å². The molecular formula is C15H20N2O4. The van der Waals surface area contributed by atoms with Gasteiger partial charge in [-0.25, -0.2) is 0 Å². The fourth-order valence-electron chi connectivity index (χ4n) is 1.65. The Morgan fingerprint density at radius 1 is 1.14 bits per heavy atom. The summed E-state index contributed by atoms with van der Waals surface area (Å²) in [5, 5.41) is 2.68. The van der Waals surface area contributed by atoms with Crippen LogP contribution in [0.2, 0.25) is 0 Å². The van der Waals surface area contributed by atoms with Gasteiger partial charge in [0.25, 0.3) is 5.91 Å². The summed E-state index contributed by atoms with van der Waals surface area (Å²) < 4.78 is 4.51. The predicted molar refractivity (Wildman–Crippen MR) is 77.7 cm³/mol. The molecule has 0 fully saturated rings. The van der Waals surface area contributed by atoms with Gasteiger partial charge in [-0.05, 0) is 12.1 Å². The summed E-state index contributed by atoms with van der Waals surface area (Å²) in [5.41, 5.74) is 0.559. The van der Waals surface area contributed by atoms with E-state index in [9.17, 15) is 14.4 Å². The number of nitrogens with zero attached hydrogens (tertiary/aromatic N) is 1. The number of ether oxygens (including phenoxy) is 1. The molecule has 0 aliphatic rings. The van der Waals surface area contributed by atoms with Crippen LogP contribution in [0.25, 0.3) is 0 Å². The topological polar surface area (TPSA) is 75.7 Å². The van der Waals surface area contributed by atoms with Crippen LogP contribution < -0.4 is 5.32 Å². The van der Waals surface area contributed by atoms with Gasteiger partial charge in [0.2, 0.25) is 5.91 Å². The van der Waals surface area contributed by atoms with E-state index in [2.05, 4.69) is 10.1 Å². The maximum Gasteiger partial charge on any atom is 0.307 e. The Labute approximate surface area is 124 Å². The normalized spacial score (nSPS) is 9.81. The molecule has 0 unspecified atom stereocenters. The van der Waals surface area contributed by atoms with Crippen molar-refractivity contribution < 1.29 is 19.1 Å². The fourth-order valence-corrected chi connectivity index (χ4v) is 1.65. The average molecular weight is 292 g/mol. The lowest BCUT2D eigenvalue weighted by atomic mass is 10.2. The summed E-state index contributed by atoms with van der Waals surface area (Å²) in [5.74, 6) is -0.695. The number of carbonyl (C=O) groups is 3. The minimum atomic E-state index is -0.355. The van der Waals surface area contributed by atoms with Crippen LogP contribution in [-0.4, -0.2) is 49.9 Å². The minimum absolute atomic E-state index is 0.132. The first-order valence-corrected chi connectivity index (χ1v) is 6.68. The Hall–Kier alpha value is -2.37. The summed E-state index contributed by atoms with van der Waals surface area (Å²) in [4.78, 5) is 36.0. The van der Waals surface area contributed by atoms with Crippen LogP contribution in [0.5, 0.6) is 0 Å². The van der Waals surface area contributed by atoms with Crippen molar-refractivity contribution in [2.75, 3.05) is 27.2 Å². The Balaban J connectivity index is 2.27. The van der Waals surface area contributed by atoms with E-state index in [0.29, 0.717) is 12.1 Å². The molecule has 0 aliphatic carbocycles. The molecule has 0 atom stereocenters. The van der Waals surface area contributed by atoms with Crippen molar-refractivity contribution in [3.05, 3.63) is 35.9 Å². The van der Waals surface area contributed by atoms with E-state index in [1.165, 1.54) is 12.0 Å². The van der Waals surface area contributed by atoms with E-state index in [-0.39, 0.29) is 37.2 Å². The molecule has 0 heterocycles. The van der Waals surface area contributed by atoms with E-state index in [1.54, 1.807) is 31.3 Å². The van der Waals surface area contributed by atoms with Crippen molar-refractivity contribution in [2.24, 2.45) is 0 Å². The van der Waals surface area contributed by atoms with Crippen LogP contribution in [0.3, 0.4) is 0 Å². The number of hydrogen-bond acceptors (Lipinski definition) is 4. The van der Waals surface area contributed by atoms with Crippen LogP contribution in [-0.2, 0) is 14.3 Å². The quantitative estimate of drug-likeness (QED) is 0.755. The van der Waals surface area contributed by atoms with Gasteiger partial charge < -0.3 is 15.0 Å². The highest BCUT2D eigenvalue weighted by Crippen LogP contribution is 1.98. The zero-order valence-corrected chi connectivity index (χ0v) is 12.3. The van der Waals surface area contributed by atoms with Crippen LogP contribution in [0.15, 0.2) is 30.3 Å². The van der Waals surface area contributed by atoms with Crippen molar-refractivity contribution >= 4 is 17.8 Å². The highest BCUT2D eigenvalue weighted by Gasteiger charge is 2.11. The number of rotatable bonds is 7. The first kappa shape index (κ1) is 16.7. The number of benzene rings is 1. The van der Waals surface area contributed by atoms with E-state index >= 15 is 0 Å². The van der Waals surface area contributed by atoms with Gasteiger partial charge in [-0.1, -0.05) is 18.2 Å². The minimum Gasteiger partial charge on any atom is -0.469 e.